The maximum atomic E-state index is 5.85. The summed E-state index contributed by atoms with van der Waals surface area (Å²) in [5.41, 5.74) is 8.79. The van der Waals surface area contributed by atoms with Gasteiger partial charge in [0, 0.05) is 17.8 Å². The molecule has 0 amide bonds. The van der Waals surface area contributed by atoms with Crippen LogP contribution in [0.15, 0.2) is 40.8 Å². The van der Waals surface area contributed by atoms with Gasteiger partial charge < -0.3 is 22.6 Å². The minimum absolute atomic E-state index is 0. The van der Waals surface area contributed by atoms with E-state index in [0.717, 1.165) is 22.3 Å². The SMILES string of the molecule is C[N+](C)=c1ccc2nc3ccc(N)cc3oc-2c1.[Cl-]. The summed E-state index contributed by atoms with van der Waals surface area (Å²) >= 11 is 0. The van der Waals surface area contributed by atoms with E-state index in [-0.39, 0.29) is 12.4 Å². The lowest BCUT2D eigenvalue weighted by Gasteiger charge is -2.05. The van der Waals surface area contributed by atoms with Crippen LogP contribution in [0, 0.1) is 0 Å². The number of nitrogens with two attached hydrogens (primary N) is 1. The molecule has 0 radical (unpaired) electrons. The van der Waals surface area contributed by atoms with Gasteiger partial charge in [-0.1, -0.05) is 0 Å². The van der Waals surface area contributed by atoms with E-state index in [4.69, 9.17) is 10.2 Å². The molecule has 4 nitrogen and oxygen atoms in total. The van der Waals surface area contributed by atoms with Crippen molar-refractivity contribution in [2.45, 2.75) is 0 Å². The van der Waals surface area contributed by atoms with Gasteiger partial charge in [0.1, 0.15) is 25.3 Å². The molecule has 2 N–H and O–H groups in total. The normalized spacial score (nSPS) is 10.4. The van der Waals surface area contributed by atoms with Crippen LogP contribution in [0.3, 0.4) is 0 Å². The van der Waals surface area contributed by atoms with Gasteiger partial charge in [0.25, 0.3) is 0 Å². The number of hydrogen-bond donors (Lipinski definition) is 1. The number of nitrogen functional groups attached to an aromatic ring is 1. The Bertz CT molecular complexity index is 775. The van der Waals surface area contributed by atoms with E-state index in [1.54, 1.807) is 6.07 Å². The molecule has 2 aliphatic rings. The Hall–Kier alpha value is -2.07. The predicted molar refractivity (Wildman–Crippen MR) is 72.2 cm³/mol. The van der Waals surface area contributed by atoms with Gasteiger partial charge in [0.05, 0.1) is 6.07 Å². The third-order valence-corrected chi connectivity index (χ3v) is 2.90. The number of anilines is 1. The van der Waals surface area contributed by atoms with Gasteiger partial charge in [-0.05, 0) is 18.2 Å². The van der Waals surface area contributed by atoms with Crippen LogP contribution in [-0.4, -0.2) is 19.1 Å². The molecular formula is C14H14ClN3O. The van der Waals surface area contributed by atoms with Crippen LogP contribution < -0.4 is 28.1 Å². The van der Waals surface area contributed by atoms with Gasteiger partial charge in [-0.15, -0.1) is 0 Å². The van der Waals surface area contributed by atoms with Crippen molar-refractivity contribution in [1.29, 1.82) is 0 Å². The molecule has 0 saturated carbocycles. The molecule has 0 fully saturated rings. The van der Waals surface area contributed by atoms with Gasteiger partial charge in [0.2, 0.25) is 5.36 Å². The van der Waals surface area contributed by atoms with E-state index in [1.807, 2.05) is 49.0 Å². The number of aromatic nitrogens is 1. The molecule has 1 aliphatic carbocycles. The average molecular weight is 276 g/mol. The topological polar surface area (TPSA) is 55.1 Å². The summed E-state index contributed by atoms with van der Waals surface area (Å²) in [7, 11) is 3.99. The third kappa shape index (κ3) is 2.39. The van der Waals surface area contributed by atoms with Crippen LogP contribution in [0.1, 0.15) is 0 Å². The molecule has 3 rings (SSSR count). The van der Waals surface area contributed by atoms with Crippen molar-refractivity contribution in [2.24, 2.45) is 0 Å². The van der Waals surface area contributed by atoms with Crippen molar-refractivity contribution >= 4 is 16.8 Å². The number of halogens is 1. The van der Waals surface area contributed by atoms with Crippen molar-refractivity contribution in [3.05, 3.63) is 41.8 Å². The first-order valence-corrected chi connectivity index (χ1v) is 5.74. The van der Waals surface area contributed by atoms with Crippen LogP contribution in [0.4, 0.5) is 5.69 Å². The second-order valence-electron chi connectivity index (χ2n) is 4.49. The van der Waals surface area contributed by atoms with E-state index in [9.17, 15) is 0 Å². The summed E-state index contributed by atoms with van der Waals surface area (Å²) in [5.74, 6) is 0.763. The van der Waals surface area contributed by atoms with Crippen LogP contribution in [-0.2, 0) is 0 Å². The number of fused-ring (bicyclic) bond motifs is 2. The second kappa shape index (κ2) is 4.90. The van der Waals surface area contributed by atoms with Crippen LogP contribution in [0.25, 0.3) is 22.6 Å². The monoisotopic (exact) mass is 275 g/mol. The Kier molecular flexibility index (Phi) is 3.44. The zero-order valence-electron chi connectivity index (χ0n) is 10.7. The molecule has 0 saturated heterocycles. The van der Waals surface area contributed by atoms with Crippen LogP contribution in [0.5, 0.6) is 0 Å². The molecule has 0 unspecified atom stereocenters. The van der Waals surface area contributed by atoms with Crippen molar-refractivity contribution in [1.82, 2.24) is 9.56 Å². The van der Waals surface area contributed by atoms with Crippen LogP contribution >= 0.6 is 0 Å². The summed E-state index contributed by atoms with van der Waals surface area (Å²) in [6.07, 6.45) is 0. The molecule has 1 heterocycles. The van der Waals surface area contributed by atoms with E-state index in [2.05, 4.69) is 4.98 Å². The molecule has 0 aromatic heterocycles. The first-order chi connectivity index (χ1) is 8.63. The zero-order valence-corrected chi connectivity index (χ0v) is 11.5. The average Bonchev–Trinajstić information content (AvgIpc) is 2.35. The Morgan fingerprint density at radius 1 is 1.11 bits per heavy atom. The molecule has 1 aromatic rings. The fraction of sp³-hybridized carbons (Fsp3) is 0.143. The highest BCUT2D eigenvalue weighted by atomic mass is 35.5. The quantitative estimate of drug-likeness (QED) is 0.310. The summed E-state index contributed by atoms with van der Waals surface area (Å²) in [4.78, 5) is 4.55. The molecule has 0 bridgehead atoms. The lowest BCUT2D eigenvalue weighted by Crippen LogP contribution is -3.00. The summed E-state index contributed by atoms with van der Waals surface area (Å²) < 4.78 is 7.87. The Morgan fingerprint density at radius 2 is 1.89 bits per heavy atom. The number of nitrogens with zero attached hydrogens (tertiary/aromatic N) is 2. The molecule has 5 heteroatoms. The highest BCUT2D eigenvalue weighted by Gasteiger charge is 2.10. The molecule has 98 valence electrons. The van der Waals surface area contributed by atoms with Gasteiger partial charge in [-0.25, -0.2) is 9.56 Å². The Balaban J connectivity index is 0.00000133. The maximum Gasteiger partial charge on any atom is 0.203 e. The van der Waals surface area contributed by atoms with Crippen molar-refractivity contribution in [2.75, 3.05) is 19.8 Å². The fourth-order valence-electron chi connectivity index (χ4n) is 1.91. The zero-order chi connectivity index (χ0) is 12.7. The lowest BCUT2D eigenvalue weighted by molar-refractivity contribution is -0.00000426. The summed E-state index contributed by atoms with van der Waals surface area (Å²) in [5, 5.41) is 1.08. The largest absolute Gasteiger partial charge is 1.00 e. The van der Waals surface area contributed by atoms with Gasteiger partial charge >= 0.3 is 0 Å². The maximum absolute atomic E-state index is 5.85. The first kappa shape index (κ1) is 13.4. The summed E-state index contributed by atoms with van der Waals surface area (Å²) in [6.45, 7) is 0. The van der Waals surface area contributed by atoms with E-state index in [0.29, 0.717) is 11.3 Å². The molecule has 1 aliphatic heterocycles. The highest BCUT2D eigenvalue weighted by Crippen LogP contribution is 2.24. The van der Waals surface area contributed by atoms with Crippen molar-refractivity contribution in [3.8, 4) is 11.5 Å². The Labute approximate surface area is 117 Å². The van der Waals surface area contributed by atoms with Gasteiger partial charge in [-0.3, -0.25) is 0 Å². The number of hydrogen-bond acceptors (Lipinski definition) is 3. The van der Waals surface area contributed by atoms with E-state index >= 15 is 0 Å². The Morgan fingerprint density at radius 3 is 2.63 bits per heavy atom. The lowest BCUT2D eigenvalue weighted by atomic mass is 10.2. The van der Waals surface area contributed by atoms with Gasteiger partial charge in [0.15, 0.2) is 11.3 Å². The first-order valence-electron chi connectivity index (χ1n) is 5.74. The number of rotatable bonds is 0. The number of benzene rings is 2. The molecule has 0 spiro atoms. The summed E-state index contributed by atoms with van der Waals surface area (Å²) in [6, 6.07) is 11.4. The standard InChI is InChI=1S/C14H13N3O.ClH/c1-17(2)10-4-6-12-14(8-10)18-13-7-9(15)3-5-11(13)16-12;/h3-8,15H,1-2H3;1H. The van der Waals surface area contributed by atoms with E-state index < -0.39 is 0 Å². The third-order valence-electron chi connectivity index (χ3n) is 2.90. The van der Waals surface area contributed by atoms with E-state index in [1.165, 1.54) is 0 Å². The fourth-order valence-corrected chi connectivity index (χ4v) is 1.91. The second-order valence-corrected chi connectivity index (χ2v) is 4.49. The predicted octanol–water partition coefficient (Wildman–Crippen LogP) is -1.45. The molecule has 19 heavy (non-hydrogen) atoms. The van der Waals surface area contributed by atoms with Crippen LogP contribution in [0.2, 0.25) is 0 Å². The highest BCUT2D eigenvalue weighted by molar-refractivity contribution is 5.79. The molecular weight excluding hydrogens is 262 g/mol. The van der Waals surface area contributed by atoms with Crippen molar-refractivity contribution in [3.63, 3.8) is 0 Å². The van der Waals surface area contributed by atoms with Gasteiger partial charge in [-0.2, -0.15) is 0 Å². The smallest absolute Gasteiger partial charge is 0.203 e. The minimum Gasteiger partial charge on any atom is -1.00 e. The minimum atomic E-state index is 0. The molecule has 1 aromatic carbocycles. The molecule has 0 atom stereocenters. The van der Waals surface area contributed by atoms with Crippen molar-refractivity contribution < 1.29 is 16.8 Å².